The molecule has 3 aromatic rings. The van der Waals surface area contributed by atoms with Crippen LogP contribution in [0.3, 0.4) is 0 Å². The number of carbonyl (C=O) groups is 2. The lowest BCUT2D eigenvalue weighted by Gasteiger charge is -2.27. The van der Waals surface area contributed by atoms with Crippen LogP contribution in [0, 0.1) is 0 Å². The van der Waals surface area contributed by atoms with E-state index in [1.54, 1.807) is 18.3 Å². The van der Waals surface area contributed by atoms with Gasteiger partial charge in [-0.2, -0.15) is 5.10 Å². The number of carbonyl (C=O) groups excluding carboxylic acids is 2. The van der Waals surface area contributed by atoms with Crippen molar-refractivity contribution in [3.05, 3.63) is 69.8 Å². The van der Waals surface area contributed by atoms with Gasteiger partial charge in [0, 0.05) is 40.8 Å². The molecule has 2 heterocycles. The number of para-hydroxylation sites is 1. The first-order valence-electron chi connectivity index (χ1n) is 9.75. The van der Waals surface area contributed by atoms with E-state index in [0.717, 1.165) is 16.5 Å². The van der Waals surface area contributed by atoms with Crippen LogP contribution >= 0.6 is 23.2 Å². The van der Waals surface area contributed by atoms with Gasteiger partial charge in [-0.25, -0.2) is 5.43 Å². The van der Waals surface area contributed by atoms with E-state index in [2.05, 4.69) is 10.5 Å². The number of fused-ring (bicyclic) bond motifs is 1. The number of halogens is 2. The fraction of sp³-hybridized carbons (Fsp3) is 0.227. The summed E-state index contributed by atoms with van der Waals surface area (Å²) in [4.78, 5) is 26.8. The van der Waals surface area contributed by atoms with Gasteiger partial charge in [0.1, 0.15) is 6.54 Å². The van der Waals surface area contributed by atoms with E-state index in [9.17, 15) is 9.59 Å². The van der Waals surface area contributed by atoms with E-state index >= 15 is 0 Å². The third kappa shape index (κ3) is 4.90. The molecule has 0 spiro atoms. The number of amides is 2. The standard InChI is InChI=1S/C22H20Cl2N4O3/c23-16-5-6-18(19(24)11-16)22(30)26-25-12-15-13-28(20-4-2-1-3-17(15)20)14-21(29)27-7-9-31-10-8-27/h1-6,11-13H,7-10,14H2,(H,26,30). The smallest absolute Gasteiger partial charge is 0.272 e. The highest BCUT2D eigenvalue weighted by molar-refractivity contribution is 6.36. The minimum Gasteiger partial charge on any atom is -0.378 e. The van der Waals surface area contributed by atoms with Gasteiger partial charge >= 0.3 is 0 Å². The van der Waals surface area contributed by atoms with Crippen molar-refractivity contribution in [3.63, 3.8) is 0 Å². The van der Waals surface area contributed by atoms with Crippen LogP contribution in [0.15, 0.2) is 53.8 Å². The lowest BCUT2D eigenvalue weighted by atomic mass is 10.2. The van der Waals surface area contributed by atoms with Crippen LogP contribution < -0.4 is 5.43 Å². The zero-order valence-electron chi connectivity index (χ0n) is 16.6. The first kappa shape index (κ1) is 21.4. The van der Waals surface area contributed by atoms with Crippen LogP contribution in [-0.4, -0.2) is 53.8 Å². The van der Waals surface area contributed by atoms with E-state index in [0.29, 0.717) is 31.3 Å². The maximum absolute atomic E-state index is 12.7. The van der Waals surface area contributed by atoms with E-state index in [1.807, 2.05) is 39.9 Å². The maximum Gasteiger partial charge on any atom is 0.272 e. The zero-order valence-corrected chi connectivity index (χ0v) is 18.1. The molecule has 31 heavy (non-hydrogen) atoms. The maximum atomic E-state index is 12.7. The van der Waals surface area contributed by atoms with Crippen LogP contribution in [0.5, 0.6) is 0 Å². The van der Waals surface area contributed by atoms with Crippen molar-refractivity contribution in [2.24, 2.45) is 5.10 Å². The molecule has 160 valence electrons. The Bertz CT molecular complexity index is 1150. The number of aromatic nitrogens is 1. The van der Waals surface area contributed by atoms with Gasteiger partial charge in [0.25, 0.3) is 5.91 Å². The lowest BCUT2D eigenvalue weighted by molar-refractivity contribution is -0.135. The number of nitrogens with one attached hydrogen (secondary N) is 1. The molecule has 9 heteroatoms. The third-order valence-electron chi connectivity index (χ3n) is 5.03. The van der Waals surface area contributed by atoms with Crippen molar-refractivity contribution >= 4 is 52.1 Å². The van der Waals surface area contributed by atoms with E-state index in [4.69, 9.17) is 27.9 Å². The molecule has 1 aliphatic heterocycles. The predicted octanol–water partition coefficient (Wildman–Crippen LogP) is 3.57. The van der Waals surface area contributed by atoms with Gasteiger partial charge in [0.05, 0.1) is 30.0 Å². The number of nitrogens with zero attached hydrogens (tertiary/aromatic N) is 3. The Morgan fingerprint density at radius 1 is 1.13 bits per heavy atom. The molecule has 1 N–H and O–H groups in total. The number of rotatable bonds is 5. The minimum atomic E-state index is -0.441. The first-order valence-corrected chi connectivity index (χ1v) is 10.5. The van der Waals surface area contributed by atoms with Crippen molar-refractivity contribution in [3.8, 4) is 0 Å². The molecule has 1 fully saturated rings. The fourth-order valence-corrected chi connectivity index (χ4v) is 3.96. The van der Waals surface area contributed by atoms with Gasteiger partial charge in [-0.3, -0.25) is 9.59 Å². The van der Waals surface area contributed by atoms with Crippen LogP contribution in [0.1, 0.15) is 15.9 Å². The van der Waals surface area contributed by atoms with Crippen molar-refractivity contribution in [2.45, 2.75) is 6.54 Å². The fourth-order valence-electron chi connectivity index (χ4n) is 3.46. The van der Waals surface area contributed by atoms with Crippen LogP contribution in [-0.2, 0) is 16.1 Å². The largest absolute Gasteiger partial charge is 0.378 e. The Morgan fingerprint density at radius 2 is 1.90 bits per heavy atom. The molecule has 1 aromatic heterocycles. The molecule has 0 saturated carbocycles. The molecule has 1 saturated heterocycles. The molecular weight excluding hydrogens is 439 g/mol. The van der Waals surface area contributed by atoms with Crippen molar-refractivity contribution < 1.29 is 14.3 Å². The summed E-state index contributed by atoms with van der Waals surface area (Å²) in [5, 5.41) is 5.70. The molecule has 2 amide bonds. The number of benzene rings is 2. The van der Waals surface area contributed by atoms with Gasteiger partial charge in [0.15, 0.2) is 0 Å². The highest BCUT2D eigenvalue weighted by atomic mass is 35.5. The van der Waals surface area contributed by atoms with Gasteiger partial charge in [-0.15, -0.1) is 0 Å². The molecule has 1 aliphatic rings. The molecule has 7 nitrogen and oxygen atoms in total. The number of morpholine rings is 1. The third-order valence-corrected chi connectivity index (χ3v) is 5.58. The average Bonchev–Trinajstić information content (AvgIpc) is 3.12. The SMILES string of the molecule is O=C(NN=Cc1cn(CC(=O)N2CCOCC2)c2ccccc12)c1ccc(Cl)cc1Cl. The van der Waals surface area contributed by atoms with Gasteiger partial charge < -0.3 is 14.2 Å². The average molecular weight is 459 g/mol. The highest BCUT2D eigenvalue weighted by Gasteiger charge is 2.18. The molecule has 0 aliphatic carbocycles. The monoisotopic (exact) mass is 458 g/mol. The molecule has 0 radical (unpaired) electrons. The Morgan fingerprint density at radius 3 is 2.68 bits per heavy atom. The molecule has 4 rings (SSSR count). The lowest BCUT2D eigenvalue weighted by Crippen LogP contribution is -2.42. The Labute approximate surface area is 189 Å². The summed E-state index contributed by atoms with van der Waals surface area (Å²) < 4.78 is 7.21. The predicted molar refractivity (Wildman–Crippen MR) is 121 cm³/mol. The number of ether oxygens (including phenoxy) is 1. The summed E-state index contributed by atoms with van der Waals surface area (Å²) in [5.41, 5.74) is 4.46. The second kappa shape index (κ2) is 9.51. The van der Waals surface area contributed by atoms with Crippen LogP contribution in [0.2, 0.25) is 10.0 Å². The Balaban J connectivity index is 1.51. The summed E-state index contributed by atoms with van der Waals surface area (Å²) in [7, 11) is 0. The highest BCUT2D eigenvalue weighted by Crippen LogP contribution is 2.22. The molecule has 0 bridgehead atoms. The minimum absolute atomic E-state index is 0.0400. The number of hydrazone groups is 1. The molecule has 0 atom stereocenters. The van der Waals surface area contributed by atoms with E-state index in [1.165, 1.54) is 6.07 Å². The topological polar surface area (TPSA) is 75.9 Å². The molecule has 0 unspecified atom stereocenters. The Kier molecular flexibility index (Phi) is 6.56. The molecular formula is C22H20Cl2N4O3. The summed E-state index contributed by atoms with van der Waals surface area (Å²) in [6.07, 6.45) is 3.41. The summed E-state index contributed by atoms with van der Waals surface area (Å²) in [6.45, 7) is 2.55. The molecule has 2 aromatic carbocycles. The van der Waals surface area contributed by atoms with Crippen molar-refractivity contribution in [2.75, 3.05) is 26.3 Å². The first-order chi connectivity index (χ1) is 15.0. The van der Waals surface area contributed by atoms with Gasteiger partial charge in [-0.1, -0.05) is 41.4 Å². The quantitative estimate of drug-likeness (QED) is 0.468. The number of hydrogen-bond donors (Lipinski definition) is 1. The second-order valence-electron chi connectivity index (χ2n) is 7.05. The zero-order chi connectivity index (χ0) is 21.8. The number of hydrogen-bond acceptors (Lipinski definition) is 4. The van der Waals surface area contributed by atoms with Crippen LogP contribution in [0.4, 0.5) is 0 Å². The summed E-state index contributed by atoms with van der Waals surface area (Å²) >= 11 is 11.9. The van der Waals surface area contributed by atoms with E-state index in [-0.39, 0.29) is 23.0 Å². The van der Waals surface area contributed by atoms with Crippen molar-refractivity contribution in [1.82, 2.24) is 14.9 Å². The van der Waals surface area contributed by atoms with Gasteiger partial charge in [-0.05, 0) is 24.3 Å². The summed E-state index contributed by atoms with van der Waals surface area (Å²) in [6, 6.07) is 12.4. The Hall–Kier alpha value is -2.87. The normalized spacial score (nSPS) is 14.3. The van der Waals surface area contributed by atoms with Crippen molar-refractivity contribution in [1.29, 1.82) is 0 Å². The summed E-state index contributed by atoms with van der Waals surface area (Å²) in [5.74, 6) is -0.401. The van der Waals surface area contributed by atoms with Gasteiger partial charge in [0.2, 0.25) is 5.91 Å². The van der Waals surface area contributed by atoms with Crippen LogP contribution in [0.25, 0.3) is 10.9 Å². The van der Waals surface area contributed by atoms with E-state index < -0.39 is 5.91 Å². The second-order valence-corrected chi connectivity index (χ2v) is 7.89.